The van der Waals surface area contributed by atoms with E-state index in [4.69, 9.17) is 0 Å². The Kier molecular flexibility index (Phi) is 3.97. The summed E-state index contributed by atoms with van der Waals surface area (Å²) in [6, 6.07) is 5.31. The normalized spacial score (nSPS) is 20.2. The number of hydrogen-bond acceptors (Lipinski definition) is 2. The van der Waals surface area contributed by atoms with E-state index in [1.165, 1.54) is 0 Å². The number of benzene rings is 1. The van der Waals surface area contributed by atoms with E-state index in [-0.39, 0.29) is 11.4 Å². The molecule has 18 heavy (non-hydrogen) atoms. The van der Waals surface area contributed by atoms with E-state index >= 15 is 0 Å². The summed E-state index contributed by atoms with van der Waals surface area (Å²) in [6.07, 6.45) is 0. The quantitative estimate of drug-likeness (QED) is 0.773. The van der Waals surface area contributed by atoms with Gasteiger partial charge in [-0.25, -0.2) is 4.39 Å². The lowest BCUT2D eigenvalue weighted by Gasteiger charge is -2.46. The van der Waals surface area contributed by atoms with Crippen molar-refractivity contribution >= 4 is 21.6 Å². The van der Waals surface area contributed by atoms with Crippen LogP contribution in [0.4, 0.5) is 10.1 Å². The van der Waals surface area contributed by atoms with E-state index in [1.807, 2.05) is 6.07 Å². The van der Waals surface area contributed by atoms with Crippen LogP contribution in [0.1, 0.15) is 19.4 Å². The minimum absolute atomic E-state index is 0.0735. The van der Waals surface area contributed by atoms with Crippen molar-refractivity contribution in [3.05, 3.63) is 29.6 Å². The fourth-order valence-corrected chi connectivity index (χ4v) is 2.91. The lowest BCUT2D eigenvalue weighted by atomic mass is 9.98. The minimum Gasteiger partial charge on any atom is -0.366 e. The molecule has 0 unspecified atom stereocenters. The largest absolute Gasteiger partial charge is 0.366 e. The van der Waals surface area contributed by atoms with Gasteiger partial charge in [-0.1, -0.05) is 28.1 Å². The first-order chi connectivity index (χ1) is 8.45. The average Bonchev–Trinajstić information content (AvgIpc) is 2.32. The highest BCUT2D eigenvalue weighted by Crippen LogP contribution is 2.30. The Morgan fingerprint density at radius 3 is 2.67 bits per heavy atom. The Balaban J connectivity index is 2.33. The van der Waals surface area contributed by atoms with Gasteiger partial charge in [0.05, 0.1) is 5.69 Å². The zero-order chi connectivity index (χ0) is 13.3. The third kappa shape index (κ3) is 2.54. The fourth-order valence-electron chi connectivity index (χ4n) is 2.45. The SMILES string of the molecule is CN1CCN(c2c(F)cccc2CBr)CC1(C)C. The van der Waals surface area contributed by atoms with Crippen molar-refractivity contribution in [3.8, 4) is 0 Å². The first-order valence-corrected chi connectivity index (χ1v) is 7.37. The molecule has 0 bridgehead atoms. The van der Waals surface area contributed by atoms with E-state index in [1.54, 1.807) is 12.1 Å². The van der Waals surface area contributed by atoms with Crippen molar-refractivity contribution in [2.45, 2.75) is 24.7 Å². The number of halogens is 2. The van der Waals surface area contributed by atoms with Crippen LogP contribution < -0.4 is 4.90 Å². The first-order valence-electron chi connectivity index (χ1n) is 6.25. The molecule has 1 aromatic rings. The van der Waals surface area contributed by atoms with Crippen LogP contribution in [-0.2, 0) is 5.33 Å². The predicted octanol–water partition coefficient (Wildman–Crippen LogP) is 3.25. The van der Waals surface area contributed by atoms with Crippen molar-refractivity contribution in [1.29, 1.82) is 0 Å². The molecule has 2 nitrogen and oxygen atoms in total. The molecule has 1 aliphatic heterocycles. The summed E-state index contributed by atoms with van der Waals surface area (Å²) < 4.78 is 14.1. The number of para-hydroxylation sites is 1. The Hall–Kier alpha value is -0.610. The van der Waals surface area contributed by atoms with Gasteiger partial charge >= 0.3 is 0 Å². The van der Waals surface area contributed by atoms with Crippen molar-refractivity contribution in [3.63, 3.8) is 0 Å². The van der Waals surface area contributed by atoms with Crippen LogP contribution in [0.25, 0.3) is 0 Å². The molecule has 100 valence electrons. The molecule has 1 fully saturated rings. The second-order valence-corrected chi connectivity index (χ2v) is 6.10. The van der Waals surface area contributed by atoms with Crippen molar-refractivity contribution in [2.24, 2.45) is 0 Å². The van der Waals surface area contributed by atoms with Crippen molar-refractivity contribution < 1.29 is 4.39 Å². The van der Waals surface area contributed by atoms with Gasteiger partial charge in [-0.2, -0.15) is 0 Å². The van der Waals surface area contributed by atoms with Gasteiger partial charge in [0.1, 0.15) is 5.82 Å². The standard InChI is InChI=1S/C14H20BrFN2/c1-14(2)10-18(8-7-17(14)3)13-11(9-15)5-4-6-12(13)16/h4-6H,7-10H2,1-3H3. The molecule has 1 aliphatic rings. The number of likely N-dealkylation sites (N-methyl/N-ethyl adjacent to an activating group) is 1. The number of piperazine rings is 1. The first kappa shape index (κ1) is 13.8. The Morgan fingerprint density at radius 2 is 2.06 bits per heavy atom. The van der Waals surface area contributed by atoms with Crippen LogP contribution in [0.3, 0.4) is 0 Å². The van der Waals surface area contributed by atoms with E-state index in [0.29, 0.717) is 5.33 Å². The van der Waals surface area contributed by atoms with Gasteiger partial charge in [-0.3, -0.25) is 4.90 Å². The zero-order valence-corrected chi connectivity index (χ0v) is 12.8. The van der Waals surface area contributed by atoms with E-state index < -0.39 is 0 Å². The maximum atomic E-state index is 14.1. The molecule has 4 heteroatoms. The van der Waals surface area contributed by atoms with Crippen molar-refractivity contribution in [2.75, 3.05) is 31.6 Å². The van der Waals surface area contributed by atoms with Crippen LogP contribution in [0.2, 0.25) is 0 Å². The van der Waals surface area contributed by atoms with E-state index in [9.17, 15) is 4.39 Å². The smallest absolute Gasteiger partial charge is 0.146 e. The van der Waals surface area contributed by atoms with Gasteiger partial charge in [-0.05, 0) is 32.5 Å². The van der Waals surface area contributed by atoms with Crippen molar-refractivity contribution in [1.82, 2.24) is 4.90 Å². The molecule has 1 saturated heterocycles. The molecule has 0 atom stereocenters. The molecule has 0 aliphatic carbocycles. The molecule has 2 rings (SSSR count). The fraction of sp³-hybridized carbons (Fsp3) is 0.571. The highest BCUT2D eigenvalue weighted by atomic mass is 79.9. The summed E-state index contributed by atoms with van der Waals surface area (Å²) in [7, 11) is 2.13. The molecule has 1 heterocycles. The summed E-state index contributed by atoms with van der Waals surface area (Å²) in [4.78, 5) is 4.50. The van der Waals surface area contributed by atoms with Crippen LogP contribution in [-0.4, -0.2) is 37.1 Å². The van der Waals surface area contributed by atoms with Crippen LogP contribution >= 0.6 is 15.9 Å². The van der Waals surface area contributed by atoms with Crippen LogP contribution in [0.15, 0.2) is 18.2 Å². The third-order valence-electron chi connectivity index (χ3n) is 3.85. The summed E-state index contributed by atoms with van der Waals surface area (Å²) in [5.41, 5.74) is 1.86. The number of alkyl halides is 1. The maximum absolute atomic E-state index is 14.1. The molecule has 0 saturated carbocycles. The summed E-state index contributed by atoms with van der Waals surface area (Å²) in [5.74, 6) is -0.118. The number of rotatable bonds is 2. The van der Waals surface area contributed by atoms with Crippen LogP contribution in [0, 0.1) is 5.82 Å². The third-order valence-corrected chi connectivity index (χ3v) is 4.45. The lowest BCUT2D eigenvalue weighted by molar-refractivity contribution is 0.138. The van der Waals surface area contributed by atoms with Gasteiger partial charge in [0.15, 0.2) is 0 Å². The molecule has 0 radical (unpaired) electrons. The van der Waals surface area contributed by atoms with Gasteiger partial charge in [-0.15, -0.1) is 0 Å². The molecule has 0 aromatic heterocycles. The summed E-state index contributed by atoms with van der Waals surface area (Å²) in [6.45, 7) is 7.09. The molecule has 0 spiro atoms. The molecular weight excluding hydrogens is 295 g/mol. The van der Waals surface area contributed by atoms with Crippen LogP contribution in [0.5, 0.6) is 0 Å². The summed E-state index contributed by atoms with van der Waals surface area (Å²) >= 11 is 3.45. The number of nitrogens with zero attached hydrogens (tertiary/aromatic N) is 2. The maximum Gasteiger partial charge on any atom is 0.146 e. The second kappa shape index (κ2) is 5.17. The summed E-state index contributed by atoms with van der Waals surface area (Å²) in [5, 5.41) is 0.687. The van der Waals surface area contributed by atoms with Gasteiger partial charge in [0.25, 0.3) is 0 Å². The van der Waals surface area contributed by atoms with Gasteiger partial charge < -0.3 is 4.90 Å². The number of hydrogen-bond donors (Lipinski definition) is 0. The molecule has 1 aromatic carbocycles. The second-order valence-electron chi connectivity index (χ2n) is 5.54. The molecule has 0 amide bonds. The Bertz CT molecular complexity index is 434. The highest BCUT2D eigenvalue weighted by Gasteiger charge is 2.32. The predicted molar refractivity (Wildman–Crippen MR) is 78.0 cm³/mol. The van der Waals surface area contributed by atoms with Gasteiger partial charge in [0.2, 0.25) is 0 Å². The lowest BCUT2D eigenvalue weighted by Crippen LogP contribution is -2.58. The topological polar surface area (TPSA) is 6.48 Å². The average molecular weight is 315 g/mol. The zero-order valence-electron chi connectivity index (χ0n) is 11.2. The number of anilines is 1. The highest BCUT2D eigenvalue weighted by molar-refractivity contribution is 9.08. The Morgan fingerprint density at radius 1 is 1.33 bits per heavy atom. The molecular formula is C14H20BrFN2. The molecule has 0 N–H and O–H groups in total. The monoisotopic (exact) mass is 314 g/mol. The Labute approximate surface area is 117 Å². The minimum atomic E-state index is -0.118. The van der Waals surface area contributed by atoms with Gasteiger partial charge in [0, 0.05) is 30.5 Å². The van der Waals surface area contributed by atoms with E-state index in [2.05, 4.69) is 46.6 Å². The van der Waals surface area contributed by atoms with E-state index in [0.717, 1.165) is 30.9 Å².